The molecule has 0 radical (unpaired) electrons. The van der Waals surface area contributed by atoms with Crippen molar-refractivity contribution in [3.63, 3.8) is 0 Å². The fourth-order valence-corrected chi connectivity index (χ4v) is 11.3. The monoisotopic (exact) mass is 1720 g/mol. The lowest BCUT2D eigenvalue weighted by Gasteiger charge is -2.20. The lowest BCUT2D eigenvalue weighted by molar-refractivity contribution is -0.143. The topological polar surface area (TPSA) is 240 Å². The molecule has 0 aliphatic carbocycles. The number of rotatable bonds is 49. The fraction of sp³-hybridized carbons (Fsp3) is 0.400. The Kier molecular flexibility index (Phi) is 62.0. The Balaban J connectivity index is 0.000000503. The quantitative estimate of drug-likeness (QED) is 0.00802. The first-order chi connectivity index (χ1) is 57.8. The van der Waals surface area contributed by atoms with Crippen molar-refractivity contribution in [3.05, 3.63) is 276 Å². The van der Waals surface area contributed by atoms with Gasteiger partial charge in [-0.1, -0.05) is 176 Å². The fourth-order valence-electron chi connectivity index (χ4n) is 10.7. The number of hydrogen-bond donors (Lipinski definition) is 3. The Bertz CT molecular complexity index is 3940. The Morgan fingerprint density at radius 1 is 0.345 bits per heavy atom. The number of carbonyl (C=O) groups excluding carboxylic acids is 7. The molecule has 0 saturated heterocycles. The van der Waals surface area contributed by atoms with Crippen LogP contribution in [0.1, 0.15) is 151 Å². The number of alkyl halides is 3. The number of likely N-dealkylation sites (N-methyl/N-ethyl adjacent to an activating group) is 4. The summed E-state index contributed by atoms with van der Waals surface area (Å²) in [7, 11) is 0. The molecule has 24 heteroatoms. The maximum absolute atomic E-state index is 12.4. The van der Waals surface area contributed by atoms with Gasteiger partial charge in [0.2, 0.25) is 5.24 Å². The third-order valence-corrected chi connectivity index (χ3v) is 18.4. The molecule has 3 N–H and O–H groups in total. The second-order valence-electron chi connectivity index (χ2n) is 25.9. The number of aliphatic hydroxyl groups excluding tert-OH is 2. The van der Waals surface area contributed by atoms with Gasteiger partial charge in [0, 0.05) is 120 Å². The zero-order valence-corrected chi connectivity index (χ0v) is 73.5. The summed E-state index contributed by atoms with van der Waals surface area (Å²) in [5.41, 5.74) is 5.34. The maximum Gasteiger partial charge on any atom is 0.330 e. The largest absolute Gasteiger partial charge is 0.494 e. The first-order valence-corrected chi connectivity index (χ1v) is 42.8. The third-order valence-electron chi connectivity index (χ3n) is 17.5. The van der Waals surface area contributed by atoms with Crippen LogP contribution >= 0.6 is 46.4 Å². The Hall–Kier alpha value is -9.13. The summed E-state index contributed by atoms with van der Waals surface area (Å²) in [6.45, 7) is 34.3. The highest BCUT2D eigenvalue weighted by atomic mass is 35.5. The van der Waals surface area contributed by atoms with E-state index in [1.54, 1.807) is 48.5 Å². The first-order valence-electron chi connectivity index (χ1n) is 40.8. The summed E-state index contributed by atoms with van der Waals surface area (Å²) in [6, 6.07) is 65.8. The average Bonchev–Trinajstić information content (AvgIpc) is 0.872. The molecule has 119 heavy (non-hydrogen) atoms. The van der Waals surface area contributed by atoms with Gasteiger partial charge in [-0.05, 0) is 180 Å². The minimum absolute atomic E-state index is 0.00230. The number of benzene rings is 8. The third kappa shape index (κ3) is 49.3. The zero-order chi connectivity index (χ0) is 87.3. The zero-order valence-electron chi connectivity index (χ0n) is 70.5. The minimum atomic E-state index is -0.395. The van der Waals surface area contributed by atoms with Gasteiger partial charge >= 0.3 is 11.9 Å². The number of ether oxygens (including phenoxy) is 6. The molecule has 0 aliphatic rings. The average molecular weight is 1720 g/mol. The number of hydrogen-bond acceptors (Lipinski definition) is 20. The molecule has 8 rings (SSSR count). The van der Waals surface area contributed by atoms with Crippen molar-refractivity contribution in [2.45, 2.75) is 87.0 Å². The normalized spacial score (nSPS) is 10.4. The van der Waals surface area contributed by atoms with E-state index in [2.05, 4.69) is 73.0 Å². The molecule has 8 aromatic carbocycles. The van der Waals surface area contributed by atoms with Crippen molar-refractivity contribution in [3.8, 4) is 23.0 Å². The number of halogens is 4. The summed E-state index contributed by atoms with van der Waals surface area (Å²) in [5.74, 6) is 3.60. The van der Waals surface area contributed by atoms with Gasteiger partial charge in [-0.25, -0.2) is 4.79 Å². The van der Waals surface area contributed by atoms with Gasteiger partial charge in [0.1, 0.15) is 36.2 Å². The van der Waals surface area contributed by atoms with E-state index in [-0.39, 0.29) is 66.3 Å². The predicted octanol–water partition coefficient (Wildman–Crippen LogP) is 17.2. The van der Waals surface area contributed by atoms with Crippen LogP contribution in [-0.4, -0.2) is 232 Å². The number of nitrogens with zero attached hydrogens (tertiary/aromatic N) is 4. The lowest BCUT2D eigenvalue weighted by atomic mass is 10.0. The van der Waals surface area contributed by atoms with E-state index in [0.717, 1.165) is 101 Å². The highest BCUT2D eigenvalue weighted by molar-refractivity contribution is 6.63. The van der Waals surface area contributed by atoms with Gasteiger partial charge in [-0.15, -0.1) is 34.8 Å². The molecule has 0 heterocycles. The molecule has 0 bridgehead atoms. The molecule has 0 amide bonds. The molecule has 0 saturated carbocycles. The highest BCUT2D eigenvalue weighted by Crippen LogP contribution is 2.21. The van der Waals surface area contributed by atoms with Crippen LogP contribution < -0.4 is 24.3 Å². The van der Waals surface area contributed by atoms with Crippen LogP contribution in [0.5, 0.6) is 23.0 Å². The molecule has 0 unspecified atom stereocenters. The van der Waals surface area contributed by atoms with Crippen molar-refractivity contribution in [1.29, 1.82) is 0 Å². The van der Waals surface area contributed by atoms with Gasteiger partial charge < -0.3 is 63.6 Å². The number of aliphatic hydroxyl groups is 2. The molecule has 648 valence electrons. The van der Waals surface area contributed by atoms with Crippen LogP contribution in [0.3, 0.4) is 0 Å². The van der Waals surface area contributed by atoms with Crippen LogP contribution in [0.15, 0.2) is 231 Å². The summed E-state index contributed by atoms with van der Waals surface area (Å²) in [4.78, 5) is 90.3. The van der Waals surface area contributed by atoms with Gasteiger partial charge in [0.05, 0.1) is 46.1 Å². The molecular weight excluding hydrogens is 1590 g/mol. The van der Waals surface area contributed by atoms with Crippen LogP contribution in [0.2, 0.25) is 0 Å². The lowest BCUT2D eigenvalue weighted by Crippen LogP contribution is -2.30. The standard InChI is InChI=1S/C23H28ClNO4.C23H27NO4.C20H25NO3.C16H15ClO2.C6H15N.C4H11NO.C3H4Cl2O/c1-2-25(16-18-29-22(26)13-14-24)15-6-17-28-21-11-9-20(10-12-21)23(27)19-7-4-3-5-8-19;1-3-22(25)28-18-16-24(4-2)15-8-17-27-21-13-11-20(12-14-21)23(26)19-9-6-5-7-10-19;1-2-21(14-15-22)13-6-16-24-19-11-9-18(10-12-19)20(23)17-7-4-3-5-8-17;17-11-4-12-19-15-9-7-14(8-10-15)16(18)13-5-2-1-3-6-13;1-4-7(5-2)6-3;1-2-5-3-4-6;4-2-1-3(5)6/h3-5,7-12H,2,6,13-18H2,1H3;3,5-7,9-14H,1,4,8,15-18H2,2H3;3-5,7-12,22H,2,6,13-16H2,1H3;1-3,5-10H,4,11-12H2;4-6H2,1-3H3;5-6H,2-4H2,1H3;1-2H2. The number of ketones is 4. The van der Waals surface area contributed by atoms with Crippen LogP contribution in [0.25, 0.3) is 0 Å². The number of esters is 2. The van der Waals surface area contributed by atoms with Crippen molar-refractivity contribution < 1.29 is 72.2 Å². The molecule has 0 atom stereocenters. The summed E-state index contributed by atoms with van der Waals surface area (Å²) in [6.07, 6.45) is 5.11. The van der Waals surface area contributed by atoms with Crippen LogP contribution in [-0.2, 0) is 23.9 Å². The number of carbonyl (C=O) groups is 7. The van der Waals surface area contributed by atoms with Crippen molar-refractivity contribution >= 4 is 86.7 Å². The highest BCUT2D eigenvalue weighted by Gasteiger charge is 2.14. The smallest absolute Gasteiger partial charge is 0.330 e. The Morgan fingerprint density at radius 3 is 0.857 bits per heavy atom. The van der Waals surface area contributed by atoms with Gasteiger partial charge in [-0.2, -0.15) is 0 Å². The van der Waals surface area contributed by atoms with Crippen LogP contribution in [0.4, 0.5) is 0 Å². The van der Waals surface area contributed by atoms with Gasteiger partial charge in [0.15, 0.2) is 23.1 Å². The van der Waals surface area contributed by atoms with E-state index in [4.69, 9.17) is 85.0 Å². The minimum Gasteiger partial charge on any atom is -0.494 e. The van der Waals surface area contributed by atoms with Gasteiger partial charge in [0.25, 0.3) is 0 Å². The first kappa shape index (κ1) is 106. The van der Waals surface area contributed by atoms with E-state index >= 15 is 0 Å². The summed E-state index contributed by atoms with van der Waals surface area (Å²) < 4.78 is 32.9. The molecule has 20 nitrogen and oxygen atoms in total. The second kappa shape index (κ2) is 69.6. The Labute approximate surface area is 727 Å². The predicted molar refractivity (Wildman–Crippen MR) is 483 cm³/mol. The van der Waals surface area contributed by atoms with Gasteiger partial charge in [-0.3, -0.25) is 28.8 Å². The van der Waals surface area contributed by atoms with E-state index in [0.29, 0.717) is 116 Å². The van der Waals surface area contributed by atoms with Crippen molar-refractivity contribution in [1.82, 2.24) is 24.9 Å². The SMILES string of the molecule is C=CC(=O)OCCN(CC)CCCOc1ccc(C(=O)c2ccccc2)cc1.CCN(CC)CC.CCN(CCCOc1ccc(C(=O)c2ccccc2)cc1)CCOC(=O)CCCl.CCN(CCO)CCCOc1ccc(C(=O)c2ccccc2)cc1.CCNCCO.O=C(Cl)CCCl.O=C(c1ccccc1)c1ccc(OCCCCl)cc1. The van der Waals surface area contributed by atoms with E-state index in [1.165, 1.54) is 25.7 Å². The molecule has 0 spiro atoms. The molecule has 0 aliphatic heterocycles. The van der Waals surface area contributed by atoms with Crippen molar-refractivity contribution in [2.75, 3.05) is 162 Å². The maximum atomic E-state index is 12.4. The molecule has 0 aromatic heterocycles. The Morgan fingerprint density at radius 2 is 0.630 bits per heavy atom. The second-order valence-corrected chi connectivity index (χ2v) is 27.5. The van der Waals surface area contributed by atoms with E-state index in [1.807, 2.05) is 177 Å². The molecule has 0 fully saturated rings. The van der Waals surface area contributed by atoms with Crippen LogP contribution in [0, 0.1) is 0 Å². The van der Waals surface area contributed by atoms with E-state index in [9.17, 15) is 33.6 Å². The van der Waals surface area contributed by atoms with E-state index < -0.39 is 5.97 Å². The van der Waals surface area contributed by atoms with Crippen molar-refractivity contribution in [2.24, 2.45) is 0 Å². The number of nitrogens with one attached hydrogen (secondary N) is 1. The molecule has 8 aromatic rings. The summed E-state index contributed by atoms with van der Waals surface area (Å²) >= 11 is 21.0. The summed E-state index contributed by atoms with van der Waals surface area (Å²) in [5, 5.41) is 19.7. The molecular formula is C95H125Cl4N5O15.